The van der Waals surface area contributed by atoms with Crippen molar-refractivity contribution in [3.05, 3.63) is 65.9 Å². The quantitative estimate of drug-likeness (QED) is 0.0108. The van der Waals surface area contributed by atoms with Gasteiger partial charge in [0, 0.05) is 61.5 Å². The highest BCUT2D eigenvalue weighted by Gasteiger charge is 2.42. The summed E-state index contributed by atoms with van der Waals surface area (Å²) in [5.74, 6) is -25.5. The number of nitrogens with one attached hydrogen (secondary N) is 17. The van der Waals surface area contributed by atoms with Crippen molar-refractivity contribution in [3.8, 4) is 5.75 Å². The van der Waals surface area contributed by atoms with Crippen molar-refractivity contribution in [2.75, 3.05) is 12.3 Å². The Kier molecular flexibility index (Phi) is 47.3. The van der Waals surface area contributed by atoms with Crippen molar-refractivity contribution < 1.29 is 132 Å². The van der Waals surface area contributed by atoms with E-state index in [9.17, 15) is 122 Å². The number of aromatic hydroxyl groups is 1. The lowest BCUT2D eigenvalue weighted by Gasteiger charge is -2.30. The van der Waals surface area contributed by atoms with E-state index in [-0.39, 0.29) is 74.7 Å². The van der Waals surface area contributed by atoms with Crippen molar-refractivity contribution in [3.63, 3.8) is 0 Å². The van der Waals surface area contributed by atoms with E-state index >= 15 is 4.79 Å². The maximum Gasteiger partial charge on any atom is 0.326 e. The van der Waals surface area contributed by atoms with Gasteiger partial charge < -0.3 is 149 Å². The number of aliphatic hydroxyl groups excluding tert-OH is 4. The van der Waals surface area contributed by atoms with Crippen molar-refractivity contribution in [1.82, 2.24) is 84.7 Å². The summed E-state index contributed by atoms with van der Waals surface area (Å²) in [6.45, 7) is 14.1. The van der Waals surface area contributed by atoms with Gasteiger partial charge in [-0.2, -0.15) is 12.6 Å². The Bertz CT molecular complexity index is 4470. The Morgan fingerprint density at radius 2 is 0.733 bits per heavy atom. The fourth-order valence-corrected chi connectivity index (χ4v) is 13.4. The average molecular weight is 1870 g/mol. The van der Waals surface area contributed by atoms with Crippen LogP contribution in [0.25, 0.3) is 10.9 Å². The molecule has 0 fully saturated rings. The number of thiol groups is 1. The molecule has 0 radical (unpaired) electrons. The number of aromatic amines is 1. The number of aromatic nitrogens is 1. The van der Waals surface area contributed by atoms with Crippen LogP contribution in [0.4, 0.5) is 0 Å². The number of nitrogens with two attached hydrogens (primary N) is 4. The Morgan fingerprint density at radius 1 is 0.389 bits per heavy atom. The maximum atomic E-state index is 15.0. The number of phenolic OH excluding ortho intramolecular Hbond substituents is 1. The third kappa shape index (κ3) is 40.0. The molecule has 131 heavy (non-hydrogen) atoms. The molecule has 0 aliphatic heterocycles. The van der Waals surface area contributed by atoms with Crippen molar-refractivity contribution in [2.24, 2.45) is 40.7 Å². The summed E-state index contributed by atoms with van der Waals surface area (Å²) in [5, 5.41) is 126. The summed E-state index contributed by atoms with van der Waals surface area (Å²) < 4.78 is 0. The van der Waals surface area contributed by atoms with Crippen molar-refractivity contribution in [1.29, 1.82) is 5.41 Å². The summed E-state index contributed by atoms with van der Waals surface area (Å²) in [4.78, 5) is 263. The minimum absolute atomic E-state index is 0.0664. The molecular weight excluding hydrogens is 1740 g/mol. The van der Waals surface area contributed by atoms with E-state index in [0.717, 1.165) is 27.7 Å². The zero-order valence-corrected chi connectivity index (χ0v) is 75.2. The number of carboxylic acid groups (broad SMARTS) is 3. The minimum atomic E-state index is -2.18. The highest BCUT2D eigenvalue weighted by Crippen LogP contribution is 2.22. The van der Waals surface area contributed by atoms with Crippen LogP contribution in [0.3, 0.4) is 0 Å². The lowest BCUT2D eigenvalue weighted by atomic mass is 9.99. The van der Waals surface area contributed by atoms with Crippen LogP contribution in [0.15, 0.2) is 54.7 Å². The molecule has 0 saturated heterocycles. The van der Waals surface area contributed by atoms with Gasteiger partial charge >= 0.3 is 17.9 Å². The number of hydrogen-bond donors (Lipinski definition) is 30. The van der Waals surface area contributed by atoms with Crippen LogP contribution in [0.5, 0.6) is 5.75 Å². The van der Waals surface area contributed by atoms with Gasteiger partial charge in [0.05, 0.1) is 36.9 Å². The van der Waals surface area contributed by atoms with Crippen LogP contribution >= 0.6 is 12.6 Å². The monoisotopic (exact) mass is 1870 g/mol. The number of guanidine groups is 1. The number of primary amides is 2. The molecule has 0 spiro atoms. The van der Waals surface area contributed by atoms with Crippen molar-refractivity contribution >= 4 is 142 Å². The lowest BCUT2D eigenvalue weighted by molar-refractivity contribution is -0.143. The zero-order chi connectivity index (χ0) is 99.1. The van der Waals surface area contributed by atoms with E-state index < -0.39 is 290 Å². The van der Waals surface area contributed by atoms with Crippen LogP contribution < -0.4 is 103 Å². The van der Waals surface area contributed by atoms with Gasteiger partial charge in [-0.3, -0.25) is 91.7 Å². The minimum Gasteiger partial charge on any atom is -0.508 e. The summed E-state index contributed by atoms with van der Waals surface area (Å²) in [5.41, 5.74) is 23.5. The standard InChI is InChI=1S/C82H127N21O27S/c1-36(2)28-52(93-67(115)47(83)21-25-61(111)112)70(118)91-50(23-26-62(113)114)69(117)100-64(40(8)105)78(126)97-54(30-38(5)6)75(123)101-66(42(10)107)80(128)103-65(41(9)106)79(127)98-57(33-60(85)110)74(122)95-55(31-43-17-19-45(108)20-18-43)72(120)90-49(22-24-59(84)109)68(116)96-56(32-44-34-89-48-15-12-11-14-46(44)48)73(121)94-53(29-37(3)4)71(119)99-58(35-131)76(124)102-63(39(7)104)77(125)92-51(81(129)130)16-13-27-88-82(86)87/h11-12,14-15,17-20,34,36-42,47,49-58,63-66,89,104-108,131H,13,16,21-33,35,83H2,1-10H3,(H2,84,109)(H2,85,110)(H,90,120)(H,91,118)(H,92,125)(H,93,115)(H,94,121)(H,95,122)(H,96,116)(H,97,126)(H,98,127)(H,99,119)(H,100,117)(H,101,123)(H,102,124)(H,103,128)(H,111,112)(H,113,114)(H,129,130)(H4,86,87,88)/t39-,40-,41-,42-,47+,49+,50+,51+,52+,53+,54+,55+,56+,57+,58+,63+,64+,65+,66+/m1/s1. The summed E-state index contributed by atoms with van der Waals surface area (Å²) in [6.07, 6.45) is -11.9. The topological polar surface area (TPSA) is 810 Å². The second-order valence-corrected chi connectivity index (χ2v) is 33.4. The second-order valence-electron chi connectivity index (χ2n) is 33.0. The second kappa shape index (κ2) is 55.2. The molecule has 19 atom stereocenters. The number of H-pyrrole nitrogens is 1. The molecule has 0 unspecified atom stereocenters. The predicted octanol–water partition coefficient (Wildman–Crippen LogP) is -7.42. The molecule has 16 amide bonds. The number of phenols is 1. The molecule has 1 heterocycles. The maximum absolute atomic E-state index is 15.0. The molecule has 0 saturated carbocycles. The number of aliphatic carboxylic acids is 3. The molecule has 728 valence electrons. The molecule has 3 aromatic rings. The molecular formula is C82H127N21O27S. The number of carbonyl (C=O) groups excluding carboxylic acids is 16. The highest BCUT2D eigenvalue weighted by atomic mass is 32.1. The van der Waals surface area contributed by atoms with Crippen LogP contribution in [-0.4, -0.2) is 292 Å². The first-order valence-electron chi connectivity index (χ1n) is 42.2. The van der Waals surface area contributed by atoms with Gasteiger partial charge in [0.2, 0.25) is 94.5 Å². The fourth-order valence-electron chi connectivity index (χ4n) is 13.1. The van der Waals surface area contributed by atoms with E-state index in [2.05, 4.69) is 97.4 Å². The van der Waals surface area contributed by atoms with Crippen LogP contribution in [0, 0.1) is 23.2 Å². The molecule has 1 aromatic heterocycles. The molecule has 49 heteroatoms. The van der Waals surface area contributed by atoms with Gasteiger partial charge in [0.15, 0.2) is 5.96 Å². The number of amides is 16. The average Bonchev–Trinajstić information content (AvgIpc) is 1.72. The van der Waals surface area contributed by atoms with Crippen LogP contribution in [-0.2, 0) is 104 Å². The third-order valence-electron chi connectivity index (χ3n) is 20.1. The van der Waals surface area contributed by atoms with Gasteiger partial charge in [0.1, 0.15) is 90.3 Å². The van der Waals surface area contributed by atoms with Gasteiger partial charge in [-0.1, -0.05) is 71.9 Å². The Hall–Kier alpha value is -12.9. The molecule has 48 nitrogen and oxygen atoms in total. The molecule has 0 aliphatic rings. The number of benzene rings is 2. The Labute approximate surface area is 759 Å². The Balaban J connectivity index is 2.02. The molecule has 3 rings (SSSR count). The van der Waals surface area contributed by atoms with Gasteiger partial charge in [0.25, 0.3) is 0 Å². The van der Waals surface area contributed by atoms with E-state index in [0.29, 0.717) is 16.5 Å². The Morgan fingerprint density at radius 3 is 1.16 bits per heavy atom. The fraction of sp³-hybridized carbons (Fsp3) is 0.585. The molecule has 2 aromatic carbocycles. The number of carboxylic acids is 3. The zero-order valence-electron chi connectivity index (χ0n) is 74.3. The van der Waals surface area contributed by atoms with E-state index in [1.807, 2.05) is 0 Å². The summed E-state index contributed by atoms with van der Waals surface area (Å²) in [7, 11) is 0. The largest absolute Gasteiger partial charge is 0.508 e. The normalized spacial score (nSPS) is 15.7. The number of fused-ring (bicyclic) bond motifs is 1. The SMILES string of the molecule is CC(C)C[C@H](NC(=O)[C@H](Cc1c[nH]c2ccccc12)NC(=O)[C@H](CCC(N)=O)NC(=O)[C@H](Cc1ccc(O)cc1)NC(=O)[C@H](CC(N)=O)NC(=O)[C@@H](NC(=O)[C@@H](NC(=O)[C@H](CC(C)C)NC(=O)[C@@H](NC(=O)[C@H](CCC(=O)O)NC(=O)[C@H](CC(C)C)NC(=O)[C@@H](N)CCC(=O)O)[C@@H](C)O)[C@@H](C)O)[C@@H](C)O)C(=O)N[C@@H](CS)C(=O)N[C@H](C(=O)N[C@@H](CCCNC(=N)N)C(=O)O)[C@@H](C)O. The summed E-state index contributed by atoms with van der Waals surface area (Å²) >= 11 is 4.23. The molecule has 33 N–H and O–H groups in total. The lowest BCUT2D eigenvalue weighted by Crippen LogP contribution is -2.64. The van der Waals surface area contributed by atoms with E-state index in [1.54, 1.807) is 65.8 Å². The number of rotatable bonds is 59. The number of hydrogen-bond acceptors (Lipinski definition) is 27. The molecule has 0 aliphatic carbocycles. The number of aliphatic hydroxyl groups is 4. The first kappa shape index (κ1) is 112. The highest BCUT2D eigenvalue weighted by molar-refractivity contribution is 7.80. The first-order chi connectivity index (χ1) is 61.2. The van der Waals surface area contributed by atoms with Crippen LogP contribution in [0.2, 0.25) is 0 Å². The molecule has 0 bridgehead atoms. The van der Waals surface area contributed by atoms with Gasteiger partial charge in [-0.25, -0.2) is 4.79 Å². The van der Waals surface area contributed by atoms with E-state index in [1.165, 1.54) is 30.5 Å². The smallest absolute Gasteiger partial charge is 0.326 e. The van der Waals surface area contributed by atoms with Gasteiger partial charge in [-0.15, -0.1) is 0 Å². The van der Waals surface area contributed by atoms with Gasteiger partial charge in [-0.05, 0) is 126 Å². The van der Waals surface area contributed by atoms with Crippen molar-refractivity contribution in [2.45, 2.75) is 274 Å². The van der Waals surface area contributed by atoms with Crippen LogP contribution in [0.1, 0.15) is 157 Å². The predicted molar refractivity (Wildman–Crippen MR) is 471 cm³/mol. The number of para-hydroxylation sites is 1. The third-order valence-corrected chi connectivity index (χ3v) is 20.4. The summed E-state index contributed by atoms with van der Waals surface area (Å²) in [6, 6.07) is -15.0. The van der Waals surface area contributed by atoms with E-state index in [4.69, 9.17) is 33.5 Å². The first-order valence-corrected chi connectivity index (χ1v) is 42.8. The number of carbonyl (C=O) groups is 19.